The van der Waals surface area contributed by atoms with E-state index in [2.05, 4.69) is 22.8 Å². The Hall–Kier alpha value is -3.00. The number of amides is 2. The Morgan fingerprint density at radius 1 is 1.03 bits per heavy atom. The number of alkyl carbamates (subject to hydrolysis) is 1. The van der Waals surface area contributed by atoms with Crippen molar-refractivity contribution in [3.05, 3.63) is 59.7 Å². The molecule has 2 atom stereocenters. The lowest BCUT2D eigenvalue weighted by Gasteiger charge is -2.21. The SMILES string of the molecule is CSCC[C@@H](NC(=O)OCC1c2ccccc2-c2ccccc21)C(=O)NC(C)CC(=O)O. The molecule has 170 valence electrons. The van der Waals surface area contributed by atoms with Crippen LogP contribution in [0.1, 0.15) is 36.8 Å². The van der Waals surface area contributed by atoms with Crippen molar-refractivity contribution in [1.29, 1.82) is 0 Å². The number of ether oxygens (including phenoxy) is 1. The van der Waals surface area contributed by atoms with Gasteiger partial charge in [-0.1, -0.05) is 48.5 Å². The van der Waals surface area contributed by atoms with E-state index in [4.69, 9.17) is 9.84 Å². The first-order valence-electron chi connectivity index (χ1n) is 10.5. The largest absolute Gasteiger partial charge is 0.481 e. The van der Waals surface area contributed by atoms with Crippen LogP contribution in [-0.4, -0.2) is 53.8 Å². The number of hydrogen-bond donors (Lipinski definition) is 3. The molecule has 0 saturated heterocycles. The molecule has 2 amide bonds. The minimum atomic E-state index is -0.997. The lowest BCUT2D eigenvalue weighted by molar-refractivity contribution is -0.137. The maximum Gasteiger partial charge on any atom is 0.407 e. The van der Waals surface area contributed by atoms with E-state index in [0.717, 1.165) is 22.3 Å². The van der Waals surface area contributed by atoms with Crippen molar-refractivity contribution in [3.63, 3.8) is 0 Å². The lowest BCUT2D eigenvalue weighted by atomic mass is 9.98. The van der Waals surface area contributed by atoms with Crippen molar-refractivity contribution in [2.45, 2.75) is 37.8 Å². The Kier molecular flexibility index (Phi) is 8.16. The monoisotopic (exact) mass is 456 g/mol. The van der Waals surface area contributed by atoms with Crippen LogP contribution in [0.15, 0.2) is 48.5 Å². The molecule has 0 saturated carbocycles. The van der Waals surface area contributed by atoms with Gasteiger partial charge in [-0.05, 0) is 47.6 Å². The molecule has 1 aliphatic rings. The molecule has 0 spiro atoms. The molecule has 1 unspecified atom stereocenters. The third kappa shape index (κ3) is 5.82. The summed E-state index contributed by atoms with van der Waals surface area (Å²) in [5.41, 5.74) is 4.50. The van der Waals surface area contributed by atoms with E-state index >= 15 is 0 Å². The number of thioether (sulfide) groups is 1. The van der Waals surface area contributed by atoms with E-state index in [-0.39, 0.29) is 18.9 Å². The smallest absolute Gasteiger partial charge is 0.407 e. The summed E-state index contributed by atoms with van der Waals surface area (Å²) in [7, 11) is 0. The molecule has 3 N–H and O–H groups in total. The zero-order chi connectivity index (χ0) is 23.1. The summed E-state index contributed by atoms with van der Waals surface area (Å²) in [5, 5.41) is 14.2. The second kappa shape index (κ2) is 11.0. The average Bonchev–Trinajstić information content (AvgIpc) is 3.08. The Balaban J connectivity index is 1.63. The maximum absolute atomic E-state index is 12.6. The predicted molar refractivity (Wildman–Crippen MR) is 125 cm³/mol. The van der Waals surface area contributed by atoms with Gasteiger partial charge in [-0.25, -0.2) is 4.79 Å². The van der Waals surface area contributed by atoms with Crippen LogP contribution in [0.3, 0.4) is 0 Å². The number of fused-ring (bicyclic) bond motifs is 3. The van der Waals surface area contributed by atoms with Crippen LogP contribution in [0.25, 0.3) is 11.1 Å². The molecule has 0 aliphatic heterocycles. The van der Waals surface area contributed by atoms with Crippen LogP contribution in [0.2, 0.25) is 0 Å². The van der Waals surface area contributed by atoms with Crippen molar-refractivity contribution in [3.8, 4) is 11.1 Å². The van der Waals surface area contributed by atoms with Gasteiger partial charge in [0, 0.05) is 12.0 Å². The Morgan fingerprint density at radius 3 is 2.19 bits per heavy atom. The minimum Gasteiger partial charge on any atom is -0.481 e. The van der Waals surface area contributed by atoms with Crippen molar-refractivity contribution >= 4 is 29.7 Å². The third-order valence-corrected chi connectivity index (χ3v) is 6.08. The van der Waals surface area contributed by atoms with E-state index in [1.165, 1.54) is 0 Å². The molecule has 3 rings (SSSR count). The number of carboxylic acids is 1. The standard InChI is InChI=1S/C24H28N2O5S/c1-15(13-22(27)28)25-23(29)21(11-12-32-2)26-24(30)31-14-20-18-9-5-3-7-16(18)17-8-4-6-10-19(17)20/h3-10,15,20-21H,11-14H2,1-2H3,(H,25,29)(H,26,30)(H,27,28)/t15?,21-/m1/s1. The third-order valence-electron chi connectivity index (χ3n) is 5.43. The molecule has 0 heterocycles. The molecule has 0 radical (unpaired) electrons. The van der Waals surface area contributed by atoms with Gasteiger partial charge in [-0.2, -0.15) is 11.8 Å². The van der Waals surface area contributed by atoms with E-state index in [1.54, 1.807) is 18.7 Å². The summed E-state index contributed by atoms with van der Waals surface area (Å²) in [6.07, 6.45) is 1.47. The zero-order valence-electron chi connectivity index (χ0n) is 18.2. The first-order valence-corrected chi connectivity index (χ1v) is 11.9. The van der Waals surface area contributed by atoms with E-state index in [9.17, 15) is 14.4 Å². The van der Waals surface area contributed by atoms with Gasteiger partial charge < -0.3 is 20.5 Å². The number of nitrogens with one attached hydrogen (secondary N) is 2. The summed E-state index contributed by atoms with van der Waals surface area (Å²) >= 11 is 1.56. The number of hydrogen-bond acceptors (Lipinski definition) is 5. The Bertz CT molecular complexity index is 935. The van der Waals surface area contributed by atoms with E-state index in [1.807, 2.05) is 42.7 Å². The van der Waals surface area contributed by atoms with Crippen molar-refractivity contribution in [2.75, 3.05) is 18.6 Å². The highest BCUT2D eigenvalue weighted by Gasteiger charge is 2.30. The quantitative estimate of drug-likeness (QED) is 0.504. The molecule has 0 bridgehead atoms. The fourth-order valence-electron chi connectivity index (χ4n) is 3.94. The summed E-state index contributed by atoms with van der Waals surface area (Å²) in [6, 6.07) is 14.8. The van der Waals surface area contributed by atoms with Gasteiger partial charge in [0.1, 0.15) is 12.6 Å². The number of carbonyl (C=O) groups is 3. The van der Waals surface area contributed by atoms with Crippen LogP contribution < -0.4 is 10.6 Å². The molecule has 0 aromatic heterocycles. The lowest BCUT2D eigenvalue weighted by Crippen LogP contribution is -2.49. The van der Waals surface area contributed by atoms with Gasteiger partial charge in [0.15, 0.2) is 0 Å². The van der Waals surface area contributed by atoms with Crippen LogP contribution in [0, 0.1) is 0 Å². The zero-order valence-corrected chi connectivity index (χ0v) is 19.0. The molecule has 0 fully saturated rings. The van der Waals surface area contributed by atoms with Crippen molar-refractivity contribution in [1.82, 2.24) is 10.6 Å². The molecular formula is C24H28N2O5S. The van der Waals surface area contributed by atoms with E-state index in [0.29, 0.717) is 12.2 Å². The van der Waals surface area contributed by atoms with Crippen molar-refractivity contribution in [2.24, 2.45) is 0 Å². The first-order chi connectivity index (χ1) is 15.4. The molecule has 32 heavy (non-hydrogen) atoms. The molecule has 1 aliphatic carbocycles. The van der Waals surface area contributed by atoms with Gasteiger partial charge in [0.25, 0.3) is 0 Å². The highest BCUT2D eigenvalue weighted by Crippen LogP contribution is 2.44. The normalized spacial score (nSPS) is 14.1. The highest BCUT2D eigenvalue weighted by molar-refractivity contribution is 7.98. The summed E-state index contributed by atoms with van der Waals surface area (Å²) in [6.45, 7) is 1.77. The molecule has 2 aromatic rings. The van der Waals surface area contributed by atoms with Crippen molar-refractivity contribution < 1.29 is 24.2 Å². The van der Waals surface area contributed by atoms with Crippen LogP contribution >= 0.6 is 11.8 Å². The summed E-state index contributed by atoms with van der Waals surface area (Å²) in [4.78, 5) is 36.0. The number of carbonyl (C=O) groups excluding carboxylic acids is 2. The topological polar surface area (TPSA) is 105 Å². The second-order valence-corrected chi connectivity index (χ2v) is 8.80. The van der Waals surface area contributed by atoms with Gasteiger partial charge >= 0.3 is 12.1 Å². The first kappa shape index (κ1) is 23.7. The van der Waals surface area contributed by atoms with E-state index < -0.39 is 30.1 Å². The molecule has 7 nitrogen and oxygen atoms in total. The Labute approximate surface area is 191 Å². The number of rotatable bonds is 10. The second-order valence-electron chi connectivity index (χ2n) is 7.81. The van der Waals surface area contributed by atoms with Crippen LogP contribution in [0.5, 0.6) is 0 Å². The Morgan fingerprint density at radius 2 is 1.62 bits per heavy atom. The van der Waals surface area contributed by atoms with Gasteiger partial charge in [0.05, 0.1) is 6.42 Å². The fraction of sp³-hybridized carbons (Fsp3) is 0.375. The van der Waals surface area contributed by atoms with Gasteiger partial charge in [-0.3, -0.25) is 9.59 Å². The highest BCUT2D eigenvalue weighted by atomic mass is 32.2. The number of benzene rings is 2. The number of aliphatic carboxylic acids is 1. The summed E-state index contributed by atoms with van der Waals surface area (Å²) in [5.74, 6) is -0.818. The molecule has 8 heteroatoms. The predicted octanol–water partition coefficient (Wildman–Crippen LogP) is 3.63. The minimum absolute atomic E-state index is 0.0674. The van der Waals surface area contributed by atoms with Gasteiger partial charge in [0.2, 0.25) is 5.91 Å². The van der Waals surface area contributed by atoms with Crippen LogP contribution in [-0.2, 0) is 14.3 Å². The summed E-state index contributed by atoms with van der Waals surface area (Å²) < 4.78 is 5.54. The van der Waals surface area contributed by atoms with Gasteiger partial charge in [-0.15, -0.1) is 0 Å². The maximum atomic E-state index is 12.6. The molecular weight excluding hydrogens is 428 g/mol. The average molecular weight is 457 g/mol. The fourth-order valence-corrected chi connectivity index (χ4v) is 4.41. The molecule has 2 aromatic carbocycles. The van der Waals surface area contributed by atoms with Crippen LogP contribution in [0.4, 0.5) is 4.79 Å². The number of carboxylic acid groups (broad SMARTS) is 1.